The molecule has 2 aromatic heterocycles. The van der Waals surface area contributed by atoms with Crippen LogP contribution in [0, 0.1) is 0 Å². The minimum Gasteiger partial charge on any atom is -0.296 e. The number of nitrogens with zero attached hydrogens (tertiary/aromatic N) is 2. The van der Waals surface area contributed by atoms with Crippen LogP contribution in [0.5, 0.6) is 0 Å². The first-order valence-electron chi connectivity index (χ1n) is 5.64. The van der Waals surface area contributed by atoms with Gasteiger partial charge in [0.05, 0.1) is 5.52 Å². The zero-order chi connectivity index (χ0) is 12.4. The van der Waals surface area contributed by atoms with Crippen molar-refractivity contribution in [2.24, 2.45) is 0 Å². The Morgan fingerprint density at radius 1 is 0.944 bits per heavy atom. The number of aromatic nitrogens is 2. The van der Waals surface area contributed by atoms with E-state index in [0.29, 0.717) is 5.69 Å². The molecule has 0 radical (unpaired) electrons. The van der Waals surface area contributed by atoms with E-state index in [-0.39, 0.29) is 0 Å². The first-order chi connectivity index (χ1) is 8.88. The number of hydrogen-bond donors (Lipinski definition) is 0. The molecule has 0 saturated heterocycles. The molecule has 3 aromatic rings. The van der Waals surface area contributed by atoms with Gasteiger partial charge in [-0.05, 0) is 17.7 Å². The maximum Gasteiger partial charge on any atom is 0.168 e. The molecule has 0 aliphatic heterocycles. The van der Waals surface area contributed by atoms with E-state index in [1.54, 1.807) is 18.5 Å². The lowest BCUT2D eigenvalue weighted by Gasteiger charge is -2.05. The van der Waals surface area contributed by atoms with Crippen LogP contribution in [0.15, 0.2) is 54.9 Å². The molecule has 3 heteroatoms. The summed E-state index contributed by atoms with van der Waals surface area (Å²) in [5, 5.41) is 0.932. The van der Waals surface area contributed by atoms with Crippen LogP contribution in [0.2, 0.25) is 0 Å². The lowest BCUT2D eigenvalue weighted by molar-refractivity contribution is 0.111. The highest BCUT2D eigenvalue weighted by Crippen LogP contribution is 2.25. The van der Waals surface area contributed by atoms with Gasteiger partial charge in [-0.2, -0.15) is 0 Å². The van der Waals surface area contributed by atoms with Crippen LogP contribution in [0.4, 0.5) is 0 Å². The van der Waals surface area contributed by atoms with Gasteiger partial charge in [-0.1, -0.05) is 30.3 Å². The first kappa shape index (κ1) is 10.6. The number of pyridine rings is 2. The molecule has 0 saturated carbocycles. The molecule has 2 heterocycles. The van der Waals surface area contributed by atoms with Gasteiger partial charge in [0.2, 0.25) is 0 Å². The van der Waals surface area contributed by atoms with Crippen LogP contribution in [0.1, 0.15) is 10.5 Å². The van der Waals surface area contributed by atoms with E-state index < -0.39 is 0 Å². The molecule has 18 heavy (non-hydrogen) atoms. The molecule has 0 atom stereocenters. The van der Waals surface area contributed by atoms with Gasteiger partial charge in [-0.25, -0.2) is 4.98 Å². The summed E-state index contributed by atoms with van der Waals surface area (Å²) in [6.07, 6.45) is 4.29. The van der Waals surface area contributed by atoms with Crippen LogP contribution < -0.4 is 0 Å². The average molecular weight is 234 g/mol. The fourth-order valence-electron chi connectivity index (χ4n) is 1.95. The lowest BCUT2D eigenvalue weighted by Crippen LogP contribution is -1.91. The summed E-state index contributed by atoms with van der Waals surface area (Å²) in [7, 11) is 0. The van der Waals surface area contributed by atoms with Crippen molar-refractivity contribution in [1.29, 1.82) is 0 Å². The minimum atomic E-state index is 0.436. The van der Waals surface area contributed by atoms with Crippen LogP contribution in [0.3, 0.4) is 0 Å². The Balaban J connectivity index is 2.32. The topological polar surface area (TPSA) is 42.9 Å². The average Bonchev–Trinajstić information content (AvgIpc) is 2.47. The zero-order valence-electron chi connectivity index (χ0n) is 9.58. The number of aldehydes is 1. The molecule has 0 bridgehead atoms. The molecule has 3 rings (SSSR count). The second kappa shape index (κ2) is 4.37. The molecular formula is C15H10N2O. The van der Waals surface area contributed by atoms with E-state index in [9.17, 15) is 4.79 Å². The zero-order valence-corrected chi connectivity index (χ0v) is 9.58. The minimum absolute atomic E-state index is 0.436. The van der Waals surface area contributed by atoms with Gasteiger partial charge in [0.15, 0.2) is 6.29 Å². The van der Waals surface area contributed by atoms with E-state index in [4.69, 9.17) is 0 Å². The number of benzene rings is 1. The lowest BCUT2D eigenvalue weighted by atomic mass is 10.0. The Labute approximate surface area is 104 Å². The molecule has 0 aliphatic rings. The van der Waals surface area contributed by atoms with Gasteiger partial charge in [-0.15, -0.1) is 0 Å². The molecule has 0 N–H and O–H groups in total. The van der Waals surface area contributed by atoms with Gasteiger partial charge in [0.1, 0.15) is 5.69 Å². The quantitative estimate of drug-likeness (QED) is 0.640. The van der Waals surface area contributed by atoms with Gasteiger partial charge in [0.25, 0.3) is 0 Å². The summed E-state index contributed by atoms with van der Waals surface area (Å²) in [6, 6.07) is 13.5. The molecule has 1 aromatic carbocycles. The summed E-state index contributed by atoms with van der Waals surface area (Å²) >= 11 is 0. The summed E-state index contributed by atoms with van der Waals surface area (Å²) < 4.78 is 0. The van der Waals surface area contributed by atoms with E-state index in [1.807, 2.05) is 36.4 Å². The highest BCUT2D eigenvalue weighted by molar-refractivity contribution is 5.94. The second-order valence-electron chi connectivity index (χ2n) is 3.98. The third-order valence-corrected chi connectivity index (χ3v) is 2.83. The number of carbonyl (C=O) groups is 1. The normalized spacial score (nSPS) is 10.4. The fourth-order valence-corrected chi connectivity index (χ4v) is 1.95. The van der Waals surface area contributed by atoms with Crippen molar-refractivity contribution in [3.63, 3.8) is 0 Å². The van der Waals surface area contributed by atoms with Crippen LogP contribution >= 0.6 is 0 Å². The Bertz CT molecular complexity index is 708. The fraction of sp³-hybridized carbons (Fsp3) is 0. The molecule has 0 aliphatic carbocycles. The van der Waals surface area contributed by atoms with Crippen molar-refractivity contribution in [3.05, 3.63) is 60.6 Å². The number of carbonyl (C=O) groups excluding carboxylic acids is 1. The van der Waals surface area contributed by atoms with Gasteiger partial charge < -0.3 is 0 Å². The van der Waals surface area contributed by atoms with E-state index in [1.165, 1.54) is 0 Å². The highest BCUT2D eigenvalue weighted by Gasteiger charge is 2.06. The highest BCUT2D eigenvalue weighted by atomic mass is 16.1. The van der Waals surface area contributed by atoms with Crippen LogP contribution in [-0.4, -0.2) is 16.3 Å². The Morgan fingerprint density at radius 2 is 1.78 bits per heavy atom. The number of rotatable bonds is 2. The van der Waals surface area contributed by atoms with Crippen molar-refractivity contribution in [2.75, 3.05) is 0 Å². The summed E-state index contributed by atoms with van der Waals surface area (Å²) in [4.78, 5) is 19.4. The number of hydrogen-bond acceptors (Lipinski definition) is 3. The Hall–Kier alpha value is -2.55. The van der Waals surface area contributed by atoms with Crippen LogP contribution in [-0.2, 0) is 0 Å². The maximum atomic E-state index is 10.8. The molecular weight excluding hydrogens is 224 g/mol. The third kappa shape index (κ3) is 1.76. The van der Waals surface area contributed by atoms with Gasteiger partial charge in [0, 0.05) is 23.3 Å². The summed E-state index contributed by atoms with van der Waals surface area (Å²) in [6.45, 7) is 0. The number of fused-ring (bicyclic) bond motifs is 1. The van der Waals surface area contributed by atoms with Crippen molar-refractivity contribution >= 4 is 17.2 Å². The standard InChI is InChI=1S/C15H10N2O/c18-10-13-7-6-12-8-16-9-14(15(12)17-13)11-4-2-1-3-5-11/h1-10H. The Morgan fingerprint density at radius 3 is 2.56 bits per heavy atom. The first-order valence-corrected chi connectivity index (χ1v) is 5.64. The van der Waals surface area contributed by atoms with Gasteiger partial charge in [-0.3, -0.25) is 9.78 Å². The Kier molecular flexibility index (Phi) is 2.57. The molecule has 0 fully saturated rings. The van der Waals surface area contributed by atoms with E-state index >= 15 is 0 Å². The predicted molar refractivity (Wildman–Crippen MR) is 70.4 cm³/mol. The molecule has 0 spiro atoms. The summed E-state index contributed by atoms with van der Waals surface area (Å²) in [5.41, 5.74) is 3.23. The SMILES string of the molecule is O=Cc1ccc2cncc(-c3ccccc3)c2n1. The molecule has 0 amide bonds. The maximum absolute atomic E-state index is 10.8. The molecule has 86 valence electrons. The third-order valence-electron chi connectivity index (χ3n) is 2.83. The van der Waals surface area contributed by atoms with Crippen molar-refractivity contribution < 1.29 is 4.79 Å². The monoisotopic (exact) mass is 234 g/mol. The van der Waals surface area contributed by atoms with E-state index in [0.717, 1.165) is 28.3 Å². The van der Waals surface area contributed by atoms with Gasteiger partial charge >= 0.3 is 0 Å². The van der Waals surface area contributed by atoms with Crippen molar-refractivity contribution in [2.45, 2.75) is 0 Å². The van der Waals surface area contributed by atoms with Crippen LogP contribution in [0.25, 0.3) is 22.0 Å². The van der Waals surface area contributed by atoms with E-state index in [2.05, 4.69) is 9.97 Å². The predicted octanol–water partition coefficient (Wildman–Crippen LogP) is 3.11. The summed E-state index contributed by atoms with van der Waals surface area (Å²) in [5.74, 6) is 0. The molecule has 3 nitrogen and oxygen atoms in total. The second-order valence-corrected chi connectivity index (χ2v) is 3.98. The molecule has 0 unspecified atom stereocenters. The van der Waals surface area contributed by atoms with Crippen molar-refractivity contribution in [1.82, 2.24) is 9.97 Å². The smallest absolute Gasteiger partial charge is 0.168 e. The largest absolute Gasteiger partial charge is 0.296 e. The van der Waals surface area contributed by atoms with Crippen molar-refractivity contribution in [3.8, 4) is 11.1 Å².